The first-order chi connectivity index (χ1) is 30.8. The summed E-state index contributed by atoms with van der Waals surface area (Å²) in [5.41, 5.74) is -1.61. The maximum absolute atomic E-state index is 10.6. The van der Waals surface area contributed by atoms with Gasteiger partial charge in [0.05, 0.1) is 61.5 Å². The smallest absolute Gasteiger partial charge is 0.187 e. The third kappa shape index (κ3) is 16.5. The molecule has 24 nitrogen and oxygen atoms in total. The van der Waals surface area contributed by atoms with Crippen LogP contribution in [0.4, 0.5) is 0 Å². The van der Waals surface area contributed by atoms with Crippen LogP contribution in [0, 0.1) is 11.8 Å². The first-order valence-corrected chi connectivity index (χ1v) is 22.7. The second-order valence-corrected chi connectivity index (χ2v) is 20.7. The van der Waals surface area contributed by atoms with Crippen LogP contribution in [0.3, 0.4) is 0 Å². The summed E-state index contributed by atoms with van der Waals surface area (Å²) in [6, 6.07) is 0. The van der Waals surface area contributed by atoms with Crippen LogP contribution in [0.2, 0.25) is 0 Å². The van der Waals surface area contributed by atoms with E-state index < -0.39 is 184 Å². The Bertz CT molecular complexity index is 1420. The van der Waals surface area contributed by atoms with Gasteiger partial charge in [-0.3, -0.25) is 0 Å². The molecule has 0 aliphatic carbocycles. The highest BCUT2D eigenvalue weighted by Crippen LogP contribution is 2.36. The van der Waals surface area contributed by atoms with E-state index in [1.807, 2.05) is 41.5 Å². The molecule has 0 amide bonds. The van der Waals surface area contributed by atoms with Crippen molar-refractivity contribution in [2.75, 3.05) is 26.4 Å². The Morgan fingerprint density at radius 3 is 1.30 bits per heavy atom. The lowest BCUT2D eigenvalue weighted by Crippen LogP contribution is -2.63. The van der Waals surface area contributed by atoms with Gasteiger partial charge < -0.3 is 119 Å². The first kappa shape index (κ1) is 60.3. The Morgan fingerprint density at radius 2 is 0.791 bits per heavy atom. The van der Waals surface area contributed by atoms with Gasteiger partial charge in [-0.1, -0.05) is 13.8 Å². The van der Waals surface area contributed by atoms with E-state index in [2.05, 4.69) is 0 Å². The van der Waals surface area contributed by atoms with Gasteiger partial charge in [0, 0.05) is 11.8 Å². The average Bonchev–Trinajstić information content (AvgIpc) is 3.23. The van der Waals surface area contributed by atoms with Crippen LogP contribution in [0.15, 0.2) is 0 Å². The molecule has 10 unspecified atom stereocenters. The zero-order valence-corrected chi connectivity index (χ0v) is 40.5. The predicted molar refractivity (Wildman–Crippen MR) is 228 cm³/mol. The molecule has 5 rings (SSSR count). The third-order valence-electron chi connectivity index (χ3n) is 11.4. The van der Waals surface area contributed by atoms with E-state index in [9.17, 15) is 71.5 Å². The monoisotopic (exact) mass is 983 g/mol. The second kappa shape index (κ2) is 25.1. The number of ether oxygens (including phenoxy) is 10. The van der Waals surface area contributed by atoms with Crippen molar-refractivity contribution in [1.82, 2.24) is 0 Å². The van der Waals surface area contributed by atoms with Crippen molar-refractivity contribution < 1.29 is 119 Å². The molecule has 67 heavy (non-hydrogen) atoms. The molecule has 0 aromatic heterocycles. The molecule has 5 aliphatic rings. The number of rotatable bonds is 10. The van der Waals surface area contributed by atoms with Crippen LogP contribution < -0.4 is 0 Å². The van der Waals surface area contributed by atoms with E-state index in [4.69, 9.17) is 47.4 Å². The van der Waals surface area contributed by atoms with Gasteiger partial charge in [0.25, 0.3) is 0 Å². The fraction of sp³-hybridized carbons (Fsp3) is 1.00. The quantitative estimate of drug-likeness (QED) is 0.0984. The molecule has 5 saturated heterocycles. The molecule has 5 aliphatic heterocycles. The highest BCUT2D eigenvalue weighted by atomic mass is 16.7. The Hall–Kier alpha value is -0.960. The Balaban J connectivity index is 0.000000277. The second-order valence-electron chi connectivity index (χ2n) is 20.7. The summed E-state index contributed by atoms with van der Waals surface area (Å²) in [5.74, 6) is -1.01. The van der Waals surface area contributed by atoms with Gasteiger partial charge in [-0.15, -0.1) is 0 Å². The standard InChI is InChI=1S/C18H34O9.C15H28O10.C10H20O5/c1-8-12(21)13(22)10(6-19)24-16(8)26-15-9(2)17(27-18(3,4)5)25-11(7-20)14(15)23;1-15(2,3)25-13-11(21)12(6(17)5-22-13)24-14-10(20)9(19)8(18)7(4-16)23-14;1-5-6(11)7(12)8(13)9(14-5)15-10(2,3)4/h8-17,19-23H,6-7H2,1-5H3;6-14,16-21H,4-5H2,1-3H3;5-9,11-13H,1-4H3/t8?,9?,10?,11?,12-,13+,14+,15-,16+,17?;6-,7?,8-,9-,10?,11?,12-,13-,14+;5-,6-,7?,8+,9?/m100/s1. The maximum Gasteiger partial charge on any atom is 0.187 e. The van der Waals surface area contributed by atoms with Crippen molar-refractivity contribution in [3.8, 4) is 0 Å². The van der Waals surface area contributed by atoms with Crippen LogP contribution >= 0.6 is 0 Å². The Labute approximate surface area is 391 Å². The van der Waals surface area contributed by atoms with Crippen molar-refractivity contribution in [2.24, 2.45) is 11.8 Å². The minimum atomic E-state index is -1.64. The van der Waals surface area contributed by atoms with E-state index in [0.29, 0.717) is 0 Å². The Morgan fingerprint density at radius 1 is 0.388 bits per heavy atom. The van der Waals surface area contributed by atoms with Gasteiger partial charge in [0.15, 0.2) is 31.5 Å². The fourth-order valence-electron chi connectivity index (χ4n) is 7.61. The third-order valence-corrected chi connectivity index (χ3v) is 11.4. The van der Waals surface area contributed by atoms with Gasteiger partial charge in [0.1, 0.15) is 85.5 Å². The number of hydrogen-bond acceptors (Lipinski definition) is 24. The summed E-state index contributed by atoms with van der Waals surface area (Å²) in [6.07, 6.45) is -25.3. The summed E-state index contributed by atoms with van der Waals surface area (Å²) in [7, 11) is 0. The molecule has 24 atom stereocenters. The van der Waals surface area contributed by atoms with Crippen LogP contribution in [0.1, 0.15) is 83.1 Å². The van der Waals surface area contributed by atoms with E-state index in [0.717, 1.165) is 0 Å². The minimum absolute atomic E-state index is 0.181. The van der Waals surface area contributed by atoms with Gasteiger partial charge in [-0.2, -0.15) is 0 Å². The molecule has 0 radical (unpaired) electrons. The maximum atomic E-state index is 10.6. The van der Waals surface area contributed by atoms with Crippen molar-refractivity contribution in [2.45, 2.75) is 235 Å². The SMILES string of the molecule is CC(C)(C)O[C@@H]1OC[C@H](O)[C@H](O[C@H]2OC(CO)[C@H](O)[C@H](O)C2O)C1O.CC1[C@H](O[C@@H]2C(C)C(OC(C)(C)C)OC(CO)[C@@H]2O)OC(CO)[C@H](O)[C@@H]1O.C[C@@H]1OC(OC(C)(C)C)[C@H](O)C(O)[C@H]1O. The highest BCUT2D eigenvalue weighted by molar-refractivity contribution is 4.94. The van der Waals surface area contributed by atoms with Crippen LogP contribution in [-0.2, 0) is 47.4 Å². The van der Waals surface area contributed by atoms with E-state index >= 15 is 0 Å². The van der Waals surface area contributed by atoms with E-state index in [1.165, 1.54) is 0 Å². The molecule has 0 aromatic rings. The summed E-state index contributed by atoms with van der Waals surface area (Å²) in [6.45, 7) is 19.8. The highest BCUT2D eigenvalue weighted by Gasteiger charge is 2.51. The molecule has 0 bridgehead atoms. The molecule has 0 aromatic carbocycles. The average molecular weight is 983 g/mol. The number of hydrogen-bond donors (Lipinski definition) is 14. The van der Waals surface area contributed by atoms with Gasteiger partial charge in [-0.05, 0) is 69.2 Å². The van der Waals surface area contributed by atoms with Gasteiger partial charge >= 0.3 is 0 Å². The summed E-state index contributed by atoms with van der Waals surface area (Å²) < 4.78 is 55.4. The van der Waals surface area contributed by atoms with E-state index in [-0.39, 0.29) is 6.61 Å². The van der Waals surface area contributed by atoms with E-state index in [1.54, 1.807) is 41.5 Å². The molecule has 24 heteroatoms. The van der Waals surface area contributed by atoms with Crippen molar-refractivity contribution in [3.63, 3.8) is 0 Å². The molecule has 14 N–H and O–H groups in total. The van der Waals surface area contributed by atoms with Crippen molar-refractivity contribution in [3.05, 3.63) is 0 Å². The van der Waals surface area contributed by atoms with Crippen molar-refractivity contribution in [1.29, 1.82) is 0 Å². The molecular formula is C43H82O24. The zero-order chi connectivity index (χ0) is 51.3. The first-order valence-electron chi connectivity index (χ1n) is 22.7. The molecule has 5 heterocycles. The van der Waals surface area contributed by atoms with Crippen LogP contribution in [0.5, 0.6) is 0 Å². The van der Waals surface area contributed by atoms with Crippen LogP contribution in [0.25, 0.3) is 0 Å². The minimum Gasteiger partial charge on any atom is -0.394 e. The summed E-state index contributed by atoms with van der Waals surface area (Å²) in [4.78, 5) is 0. The predicted octanol–water partition coefficient (Wildman–Crippen LogP) is -4.33. The number of aliphatic hydroxyl groups excluding tert-OH is 14. The normalized spacial score (nSPS) is 45.6. The Kier molecular flexibility index (Phi) is 22.6. The molecule has 0 spiro atoms. The summed E-state index contributed by atoms with van der Waals surface area (Å²) >= 11 is 0. The lowest BCUT2D eigenvalue weighted by atomic mass is 9.90. The van der Waals surface area contributed by atoms with Crippen LogP contribution in [-0.4, -0.2) is 250 Å². The summed E-state index contributed by atoms with van der Waals surface area (Å²) in [5, 5.41) is 137. The van der Waals surface area contributed by atoms with Crippen molar-refractivity contribution >= 4 is 0 Å². The largest absolute Gasteiger partial charge is 0.394 e. The zero-order valence-electron chi connectivity index (χ0n) is 40.5. The molecular weight excluding hydrogens is 900 g/mol. The lowest BCUT2D eigenvalue weighted by molar-refractivity contribution is -0.354. The van der Waals surface area contributed by atoms with Gasteiger partial charge in [0.2, 0.25) is 0 Å². The van der Waals surface area contributed by atoms with Gasteiger partial charge in [-0.25, -0.2) is 0 Å². The molecule has 5 fully saturated rings. The molecule has 0 saturated carbocycles. The number of aliphatic hydroxyl groups is 14. The fourth-order valence-corrected chi connectivity index (χ4v) is 7.61. The lowest BCUT2D eigenvalue weighted by Gasteiger charge is -2.48. The molecule has 398 valence electrons. The topological polar surface area (TPSA) is 376 Å².